The minimum absolute atomic E-state index is 0.0701. The Balaban J connectivity index is 2.51. The van der Waals surface area contributed by atoms with Crippen molar-refractivity contribution in [3.63, 3.8) is 0 Å². The molecule has 1 rings (SSSR count). The van der Waals surface area contributed by atoms with Gasteiger partial charge in [0.2, 0.25) is 0 Å². The van der Waals surface area contributed by atoms with E-state index < -0.39 is 11.8 Å². The van der Waals surface area contributed by atoms with E-state index in [4.69, 9.17) is 5.73 Å². The van der Waals surface area contributed by atoms with Gasteiger partial charge in [-0.1, -0.05) is 18.2 Å². The number of nitrogens with two attached hydrogens (primary N) is 1. The van der Waals surface area contributed by atoms with Crippen molar-refractivity contribution in [2.24, 2.45) is 5.73 Å². The molecule has 0 aliphatic heterocycles. The monoisotopic (exact) mass is 235 g/mol. The third-order valence-electron chi connectivity index (χ3n) is 2.61. The molecular formula is C12H17N3O2. The number of amides is 2. The van der Waals surface area contributed by atoms with E-state index in [0.29, 0.717) is 6.54 Å². The van der Waals surface area contributed by atoms with Crippen LogP contribution in [-0.4, -0.2) is 31.4 Å². The van der Waals surface area contributed by atoms with E-state index in [1.165, 1.54) is 0 Å². The molecule has 1 atom stereocenters. The Labute approximate surface area is 101 Å². The smallest absolute Gasteiger partial charge is 0.309 e. The van der Waals surface area contributed by atoms with Crippen LogP contribution in [0.1, 0.15) is 6.92 Å². The first-order valence-electron chi connectivity index (χ1n) is 5.38. The lowest BCUT2D eigenvalue weighted by molar-refractivity contribution is -0.137. The van der Waals surface area contributed by atoms with E-state index in [-0.39, 0.29) is 6.04 Å². The van der Waals surface area contributed by atoms with Gasteiger partial charge in [0, 0.05) is 25.3 Å². The van der Waals surface area contributed by atoms with Gasteiger partial charge in [-0.2, -0.15) is 0 Å². The number of likely N-dealkylation sites (N-methyl/N-ethyl adjacent to an activating group) is 1. The molecule has 1 aromatic rings. The summed E-state index contributed by atoms with van der Waals surface area (Å²) in [5.74, 6) is -1.71. The largest absolute Gasteiger partial charge is 0.370 e. The van der Waals surface area contributed by atoms with Crippen LogP contribution in [0.3, 0.4) is 0 Å². The summed E-state index contributed by atoms with van der Waals surface area (Å²) in [6.07, 6.45) is 0. The Morgan fingerprint density at radius 2 is 1.94 bits per heavy atom. The van der Waals surface area contributed by atoms with E-state index in [2.05, 4.69) is 5.32 Å². The molecule has 5 nitrogen and oxygen atoms in total. The number of primary amides is 1. The van der Waals surface area contributed by atoms with Crippen molar-refractivity contribution in [2.45, 2.75) is 13.0 Å². The van der Waals surface area contributed by atoms with Crippen LogP contribution >= 0.6 is 0 Å². The SMILES string of the molecule is C[C@@H](CNC(=O)C(N)=O)N(C)c1ccccc1. The molecule has 2 amide bonds. The molecule has 0 heterocycles. The quantitative estimate of drug-likeness (QED) is 0.727. The fourth-order valence-corrected chi connectivity index (χ4v) is 1.38. The highest BCUT2D eigenvalue weighted by Gasteiger charge is 2.13. The Bertz CT molecular complexity index is 392. The van der Waals surface area contributed by atoms with Gasteiger partial charge in [0.1, 0.15) is 0 Å². The highest BCUT2D eigenvalue weighted by atomic mass is 16.2. The maximum absolute atomic E-state index is 11.0. The Kier molecular flexibility index (Phi) is 4.51. The maximum Gasteiger partial charge on any atom is 0.309 e. The summed E-state index contributed by atoms with van der Waals surface area (Å²) in [5, 5.41) is 2.48. The van der Waals surface area contributed by atoms with Crippen LogP contribution in [0, 0.1) is 0 Å². The van der Waals surface area contributed by atoms with Crippen LogP contribution in [0.15, 0.2) is 30.3 Å². The minimum Gasteiger partial charge on any atom is -0.370 e. The van der Waals surface area contributed by atoms with E-state index in [0.717, 1.165) is 5.69 Å². The summed E-state index contributed by atoms with van der Waals surface area (Å²) in [6, 6.07) is 9.86. The highest BCUT2D eigenvalue weighted by Crippen LogP contribution is 2.13. The predicted molar refractivity (Wildman–Crippen MR) is 66.5 cm³/mol. The zero-order chi connectivity index (χ0) is 12.8. The molecule has 17 heavy (non-hydrogen) atoms. The number of anilines is 1. The molecule has 0 unspecified atom stereocenters. The van der Waals surface area contributed by atoms with Crippen LogP contribution in [0.5, 0.6) is 0 Å². The topological polar surface area (TPSA) is 75.4 Å². The normalized spacial score (nSPS) is 11.6. The molecule has 0 aromatic heterocycles. The first-order valence-corrected chi connectivity index (χ1v) is 5.38. The minimum atomic E-state index is -0.959. The number of nitrogens with one attached hydrogen (secondary N) is 1. The van der Waals surface area contributed by atoms with Gasteiger partial charge in [0.25, 0.3) is 0 Å². The van der Waals surface area contributed by atoms with Gasteiger partial charge in [-0.05, 0) is 19.1 Å². The lowest BCUT2D eigenvalue weighted by Gasteiger charge is -2.27. The predicted octanol–water partition coefficient (Wildman–Crippen LogP) is 0.113. The van der Waals surface area contributed by atoms with Gasteiger partial charge in [0.15, 0.2) is 0 Å². The zero-order valence-corrected chi connectivity index (χ0v) is 10.0. The molecule has 0 bridgehead atoms. The summed E-state index contributed by atoms with van der Waals surface area (Å²) >= 11 is 0. The van der Waals surface area contributed by atoms with Crippen LogP contribution in [0.25, 0.3) is 0 Å². The lowest BCUT2D eigenvalue weighted by Crippen LogP contribution is -2.44. The molecule has 1 aromatic carbocycles. The van der Waals surface area contributed by atoms with Gasteiger partial charge < -0.3 is 16.0 Å². The summed E-state index contributed by atoms with van der Waals surface area (Å²) in [6.45, 7) is 2.32. The number of nitrogens with zero attached hydrogens (tertiary/aromatic N) is 1. The molecule has 92 valence electrons. The van der Waals surface area contributed by atoms with Crippen molar-refractivity contribution in [2.75, 3.05) is 18.5 Å². The molecule has 0 radical (unpaired) electrons. The molecular weight excluding hydrogens is 218 g/mol. The van der Waals surface area contributed by atoms with Crippen LogP contribution in [0.4, 0.5) is 5.69 Å². The standard InChI is InChI=1S/C12H17N3O2/c1-9(8-14-12(17)11(13)16)15(2)10-6-4-3-5-7-10/h3-7,9H,8H2,1-2H3,(H2,13,16)(H,14,17)/t9-/m0/s1. The third-order valence-corrected chi connectivity index (χ3v) is 2.61. The van der Waals surface area contributed by atoms with Crippen LogP contribution in [-0.2, 0) is 9.59 Å². The van der Waals surface area contributed by atoms with E-state index in [1.807, 2.05) is 49.2 Å². The second-order valence-electron chi connectivity index (χ2n) is 3.87. The maximum atomic E-state index is 11.0. The molecule has 5 heteroatoms. The fraction of sp³-hybridized carbons (Fsp3) is 0.333. The Hall–Kier alpha value is -2.04. The number of benzene rings is 1. The lowest BCUT2D eigenvalue weighted by atomic mass is 10.2. The van der Waals surface area contributed by atoms with E-state index >= 15 is 0 Å². The number of hydrogen-bond acceptors (Lipinski definition) is 3. The van der Waals surface area contributed by atoms with Gasteiger partial charge in [0.05, 0.1) is 0 Å². The highest BCUT2D eigenvalue weighted by molar-refractivity contribution is 6.34. The molecule has 0 saturated carbocycles. The first-order chi connectivity index (χ1) is 8.02. The van der Waals surface area contributed by atoms with Crippen LogP contribution < -0.4 is 16.0 Å². The van der Waals surface area contributed by atoms with E-state index in [9.17, 15) is 9.59 Å². The van der Waals surface area contributed by atoms with Crippen molar-refractivity contribution in [1.82, 2.24) is 5.32 Å². The second-order valence-corrected chi connectivity index (χ2v) is 3.87. The average molecular weight is 235 g/mol. The number of hydrogen-bond donors (Lipinski definition) is 2. The summed E-state index contributed by atoms with van der Waals surface area (Å²) in [5.41, 5.74) is 5.89. The number of carbonyl (C=O) groups is 2. The Morgan fingerprint density at radius 3 is 2.47 bits per heavy atom. The summed E-state index contributed by atoms with van der Waals surface area (Å²) in [4.78, 5) is 23.6. The van der Waals surface area contributed by atoms with Crippen LogP contribution in [0.2, 0.25) is 0 Å². The van der Waals surface area contributed by atoms with Crippen molar-refractivity contribution in [3.8, 4) is 0 Å². The van der Waals surface area contributed by atoms with Crippen molar-refractivity contribution in [1.29, 1.82) is 0 Å². The van der Waals surface area contributed by atoms with Gasteiger partial charge >= 0.3 is 11.8 Å². The summed E-state index contributed by atoms with van der Waals surface area (Å²) in [7, 11) is 1.93. The zero-order valence-electron chi connectivity index (χ0n) is 10.0. The van der Waals surface area contributed by atoms with E-state index in [1.54, 1.807) is 0 Å². The first kappa shape index (κ1) is 13.0. The third kappa shape index (κ3) is 3.79. The molecule has 0 spiro atoms. The number of para-hydroxylation sites is 1. The summed E-state index contributed by atoms with van der Waals surface area (Å²) < 4.78 is 0. The van der Waals surface area contributed by atoms with Crippen molar-refractivity contribution in [3.05, 3.63) is 30.3 Å². The fourth-order valence-electron chi connectivity index (χ4n) is 1.38. The molecule has 0 aliphatic carbocycles. The molecule has 0 fully saturated rings. The second kappa shape index (κ2) is 5.89. The van der Waals surface area contributed by atoms with Gasteiger partial charge in [-0.3, -0.25) is 9.59 Å². The molecule has 3 N–H and O–H groups in total. The number of rotatable bonds is 4. The van der Waals surface area contributed by atoms with Gasteiger partial charge in [-0.25, -0.2) is 0 Å². The molecule has 0 saturated heterocycles. The average Bonchev–Trinajstić information content (AvgIpc) is 2.35. The van der Waals surface area contributed by atoms with Crippen molar-refractivity contribution >= 4 is 17.5 Å². The van der Waals surface area contributed by atoms with Crippen molar-refractivity contribution < 1.29 is 9.59 Å². The number of carbonyl (C=O) groups excluding carboxylic acids is 2. The van der Waals surface area contributed by atoms with Gasteiger partial charge in [-0.15, -0.1) is 0 Å². The Morgan fingerprint density at radius 1 is 1.35 bits per heavy atom. The molecule has 0 aliphatic rings.